The summed E-state index contributed by atoms with van der Waals surface area (Å²) in [5.41, 5.74) is 0.514. The van der Waals surface area contributed by atoms with Gasteiger partial charge in [-0.15, -0.1) is 0 Å². The number of aromatic nitrogens is 1. The molecule has 1 saturated heterocycles. The average molecular weight is 365 g/mol. The number of rotatable bonds is 1. The van der Waals surface area contributed by atoms with Crippen LogP contribution < -0.4 is 5.32 Å². The lowest BCUT2D eigenvalue weighted by atomic mass is 9.95. The van der Waals surface area contributed by atoms with Gasteiger partial charge in [0.2, 0.25) is 5.95 Å². The molecule has 0 aliphatic carbocycles. The van der Waals surface area contributed by atoms with Gasteiger partial charge in [-0.3, -0.25) is 0 Å². The first-order valence-corrected chi connectivity index (χ1v) is 8.24. The van der Waals surface area contributed by atoms with Crippen LogP contribution in [0.15, 0.2) is 36.5 Å². The van der Waals surface area contributed by atoms with Crippen molar-refractivity contribution in [3.63, 3.8) is 0 Å². The number of pyridine rings is 1. The SMILES string of the molecule is O=C(Nc1cccc(C(F)(F)F)c1)N1[C@H]2CC[C@@H]1c1ccnc(F)c1C2. The molecule has 8 heteroatoms. The molecule has 1 aromatic carbocycles. The Morgan fingerprint density at radius 2 is 2.04 bits per heavy atom. The molecule has 0 radical (unpaired) electrons. The summed E-state index contributed by atoms with van der Waals surface area (Å²) >= 11 is 0. The van der Waals surface area contributed by atoms with E-state index in [0.717, 1.165) is 24.1 Å². The minimum Gasteiger partial charge on any atom is -0.314 e. The first-order valence-electron chi connectivity index (χ1n) is 8.24. The fourth-order valence-electron chi connectivity index (χ4n) is 3.89. The Labute approximate surface area is 146 Å². The molecule has 0 unspecified atom stereocenters. The highest BCUT2D eigenvalue weighted by molar-refractivity contribution is 5.90. The van der Waals surface area contributed by atoms with Gasteiger partial charge in [0.1, 0.15) is 0 Å². The molecule has 1 aromatic heterocycles. The number of urea groups is 1. The molecule has 2 aliphatic heterocycles. The highest BCUT2D eigenvalue weighted by Crippen LogP contribution is 2.44. The van der Waals surface area contributed by atoms with Crippen molar-refractivity contribution < 1.29 is 22.4 Å². The molecule has 2 aliphatic rings. The first kappa shape index (κ1) is 16.8. The molecule has 136 valence electrons. The fourth-order valence-corrected chi connectivity index (χ4v) is 3.89. The molecule has 4 rings (SSSR count). The van der Waals surface area contributed by atoms with Gasteiger partial charge in [-0.05, 0) is 49.1 Å². The summed E-state index contributed by atoms with van der Waals surface area (Å²) in [5, 5.41) is 2.55. The summed E-state index contributed by atoms with van der Waals surface area (Å²) in [6.07, 6.45) is -1.34. The van der Waals surface area contributed by atoms with Crippen LogP contribution in [0.5, 0.6) is 0 Å². The van der Waals surface area contributed by atoms with Crippen molar-refractivity contribution in [3.8, 4) is 0 Å². The maximum absolute atomic E-state index is 13.9. The molecule has 2 amide bonds. The van der Waals surface area contributed by atoms with E-state index in [2.05, 4.69) is 10.3 Å². The van der Waals surface area contributed by atoms with E-state index in [9.17, 15) is 22.4 Å². The van der Waals surface area contributed by atoms with Crippen LogP contribution in [0.25, 0.3) is 0 Å². The van der Waals surface area contributed by atoms with Gasteiger partial charge in [0, 0.05) is 23.5 Å². The molecule has 3 heterocycles. The molecule has 0 saturated carbocycles. The van der Waals surface area contributed by atoms with Crippen molar-refractivity contribution >= 4 is 11.7 Å². The summed E-state index contributed by atoms with van der Waals surface area (Å²) in [6, 6.07) is 5.28. The van der Waals surface area contributed by atoms with Crippen LogP contribution in [0.2, 0.25) is 0 Å². The summed E-state index contributed by atoms with van der Waals surface area (Å²) in [4.78, 5) is 18.0. The number of hydrogen-bond donors (Lipinski definition) is 1. The van der Waals surface area contributed by atoms with Gasteiger partial charge in [0.15, 0.2) is 0 Å². The van der Waals surface area contributed by atoms with Gasteiger partial charge in [-0.2, -0.15) is 17.6 Å². The number of carbonyl (C=O) groups excluding carboxylic acids is 1. The largest absolute Gasteiger partial charge is 0.416 e. The lowest BCUT2D eigenvalue weighted by Crippen LogP contribution is -2.44. The van der Waals surface area contributed by atoms with Crippen LogP contribution in [0.4, 0.5) is 28.0 Å². The minimum atomic E-state index is -4.48. The van der Waals surface area contributed by atoms with E-state index in [1.54, 1.807) is 11.0 Å². The van der Waals surface area contributed by atoms with Crippen LogP contribution in [-0.2, 0) is 12.6 Å². The van der Waals surface area contributed by atoms with Gasteiger partial charge in [0.25, 0.3) is 0 Å². The Morgan fingerprint density at radius 3 is 2.81 bits per heavy atom. The Bertz CT molecular complexity index is 868. The Hall–Kier alpha value is -2.64. The number of anilines is 1. The number of amides is 2. The van der Waals surface area contributed by atoms with E-state index in [-0.39, 0.29) is 17.8 Å². The van der Waals surface area contributed by atoms with E-state index in [1.807, 2.05) is 0 Å². The molecule has 1 fully saturated rings. The number of alkyl halides is 3. The number of benzene rings is 1. The minimum absolute atomic E-state index is 0.0796. The quantitative estimate of drug-likeness (QED) is 0.596. The van der Waals surface area contributed by atoms with E-state index in [0.29, 0.717) is 18.4 Å². The van der Waals surface area contributed by atoms with Crippen molar-refractivity contribution in [2.45, 2.75) is 37.5 Å². The van der Waals surface area contributed by atoms with Crippen molar-refractivity contribution in [1.29, 1.82) is 0 Å². The number of hydrogen-bond acceptors (Lipinski definition) is 2. The number of carbonyl (C=O) groups is 1. The second kappa shape index (κ2) is 5.96. The van der Waals surface area contributed by atoms with E-state index >= 15 is 0 Å². The zero-order valence-electron chi connectivity index (χ0n) is 13.6. The van der Waals surface area contributed by atoms with Gasteiger partial charge in [-0.1, -0.05) is 6.07 Å². The standard InChI is InChI=1S/C18H15F4N3O/c19-16-14-9-12-4-5-15(13(14)6-7-23-16)25(12)17(26)24-11-3-1-2-10(8-11)18(20,21)22/h1-3,6-8,12,15H,4-5,9H2,(H,24,26)/t12-,15+/m0/s1. The fraction of sp³-hybridized carbons (Fsp3) is 0.333. The Morgan fingerprint density at radius 1 is 1.23 bits per heavy atom. The highest BCUT2D eigenvalue weighted by Gasteiger charge is 2.43. The lowest BCUT2D eigenvalue weighted by Gasteiger charge is -2.36. The average Bonchev–Trinajstić information content (AvgIpc) is 2.91. The molecule has 26 heavy (non-hydrogen) atoms. The summed E-state index contributed by atoms with van der Waals surface area (Å²) < 4.78 is 52.4. The molecule has 1 N–H and O–H groups in total. The first-order chi connectivity index (χ1) is 12.3. The zero-order valence-corrected chi connectivity index (χ0v) is 13.6. The van der Waals surface area contributed by atoms with Crippen LogP contribution in [0, 0.1) is 5.95 Å². The Balaban J connectivity index is 1.59. The molecule has 2 aromatic rings. The van der Waals surface area contributed by atoms with Crippen LogP contribution >= 0.6 is 0 Å². The van der Waals surface area contributed by atoms with E-state index in [4.69, 9.17) is 0 Å². The van der Waals surface area contributed by atoms with E-state index < -0.39 is 23.7 Å². The second-order valence-electron chi connectivity index (χ2n) is 6.54. The monoisotopic (exact) mass is 365 g/mol. The highest BCUT2D eigenvalue weighted by atomic mass is 19.4. The molecular formula is C18H15F4N3O. The predicted molar refractivity (Wildman–Crippen MR) is 86.0 cm³/mol. The zero-order chi connectivity index (χ0) is 18.5. The maximum atomic E-state index is 13.9. The van der Waals surface area contributed by atoms with Crippen molar-refractivity contribution in [1.82, 2.24) is 9.88 Å². The van der Waals surface area contributed by atoms with Gasteiger partial charge in [0.05, 0.1) is 11.6 Å². The van der Waals surface area contributed by atoms with E-state index in [1.165, 1.54) is 18.3 Å². The molecule has 2 bridgehead atoms. The number of fused-ring (bicyclic) bond motifs is 4. The van der Waals surface area contributed by atoms with Crippen LogP contribution in [0.3, 0.4) is 0 Å². The molecular weight excluding hydrogens is 350 g/mol. The normalized spacial score (nSPS) is 21.5. The van der Waals surface area contributed by atoms with Gasteiger partial charge >= 0.3 is 12.2 Å². The molecule has 4 nitrogen and oxygen atoms in total. The Kier molecular flexibility index (Phi) is 3.86. The summed E-state index contributed by atoms with van der Waals surface area (Å²) in [7, 11) is 0. The predicted octanol–water partition coefficient (Wildman–Crippen LogP) is 4.53. The van der Waals surface area contributed by atoms with Gasteiger partial charge in [-0.25, -0.2) is 9.78 Å². The summed E-state index contributed by atoms with van der Waals surface area (Å²) in [5.74, 6) is -0.516. The summed E-state index contributed by atoms with van der Waals surface area (Å²) in [6.45, 7) is 0. The molecule has 2 atom stereocenters. The van der Waals surface area contributed by atoms with Crippen LogP contribution in [0.1, 0.15) is 35.6 Å². The third kappa shape index (κ3) is 2.79. The van der Waals surface area contributed by atoms with Gasteiger partial charge < -0.3 is 10.2 Å². The number of nitrogens with one attached hydrogen (secondary N) is 1. The third-order valence-corrected chi connectivity index (χ3v) is 5.02. The topological polar surface area (TPSA) is 45.2 Å². The second-order valence-corrected chi connectivity index (χ2v) is 6.54. The number of halogens is 4. The van der Waals surface area contributed by atoms with Crippen molar-refractivity contribution in [2.24, 2.45) is 0 Å². The lowest BCUT2D eigenvalue weighted by molar-refractivity contribution is -0.137. The smallest absolute Gasteiger partial charge is 0.314 e. The van der Waals surface area contributed by atoms with Crippen molar-refractivity contribution in [3.05, 3.63) is 59.2 Å². The molecule has 0 spiro atoms. The third-order valence-electron chi connectivity index (χ3n) is 5.02. The maximum Gasteiger partial charge on any atom is 0.416 e. The van der Waals surface area contributed by atoms with Crippen LogP contribution in [-0.4, -0.2) is 22.0 Å². The van der Waals surface area contributed by atoms with Crippen molar-refractivity contribution in [2.75, 3.05) is 5.32 Å². The number of nitrogens with zero attached hydrogens (tertiary/aromatic N) is 2.